The maximum atomic E-state index is 13.4. The normalized spacial score (nSPS) is 13.2. The minimum absolute atomic E-state index is 0.00643. The molecule has 1 aromatic rings. The third-order valence-electron chi connectivity index (χ3n) is 2.50. The van der Waals surface area contributed by atoms with Gasteiger partial charge in [-0.05, 0) is 25.1 Å². The second-order valence-corrected chi connectivity index (χ2v) is 3.53. The van der Waals surface area contributed by atoms with Gasteiger partial charge in [0.2, 0.25) is 0 Å². The van der Waals surface area contributed by atoms with E-state index < -0.39 is 11.8 Å². The van der Waals surface area contributed by atoms with Crippen LogP contribution in [-0.2, 0) is 16.0 Å². The predicted molar refractivity (Wildman–Crippen MR) is 56.4 cm³/mol. The fourth-order valence-electron chi connectivity index (χ4n) is 1.74. The Balaban J connectivity index is 2.34. The monoisotopic (exact) mass is 222 g/mol. The molecule has 1 aromatic carbocycles. The van der Waals surface area contributed by atoms with E-state index in [0.717, 1.165) is 0 Å². The van der Waals surface area contributed by atoms with Crippen LogP contribution in [0.1, 0.15) is 18.1 Å². The van der Waals surface area contributed by atoms with E-state index in [2.05, 4.69) is 0 Å². The van der Waals surface area contributed by atoms with Crippen molar-refractivity contribution in [3.8, 4) is 5.75 Å². The smallest absolute Gasteiger partial charge is 0.334 e. The number of phenolic OH excluding ortho intramolecular Hbond substituents is 1. The average molecular weight is 222 g/mol. The molecule has 0 saturated carbocycles. The molecule has 0 spiro atoms. The summed E-state index contributed by atoms with van der Waals surface area (Å²) in [5.41, 5.74) is 1.10. The predicted octanol–water partition coefficient (Wildman–Crippen LogP) is 2.03. The van der Waals surface area contributed by atoms with E-state index in [1.807, 2.05) is 0 Å². The van der Waals surface area contributed by atoms with Gasteiger partial charge in [0.05, 0.1) is 6.61 Å². The van der Waals surface area contributed by atoms with Gasteiger partial charge in [0, 0.05) is 23.1 Å². The standard InChI is InChI=1S/C12H11FO3/c1-2-16-12(15)7-5-8-9(6-7)11(14)4-3-10(8)13/h3-5,14H,2,6H2,1H3. The van der Waals surface area contributed by atoms with Crippen LogP contribution in [0.25, 0.3) is 6.08 Å². The molecule has 1 N–H and O–H groups in total. The van der Waals surface area contributed by atoms with E-state index in [0.29, 0.717) is 11.1 Å². The molecule has 0 atom stereocenters. The van der Waals surface area contributed by atoms with Gasteiger partial charge < -0.3 is 9.84 Å². The first-order valence-electron chi connectivity index (χ1n) is 5.01. The number of phenols is 1. The molecule has 0 saturated heterocycles. The average Bonchev–Trinajstić information content (AvgIpc) is 2.70. The largest absolute Gasteiger partial charge is 0.508 e. The highest BCUT2D eigenvalue weighted by Crippen LogP contribution is 2.33. The van der Waals surface area contributed by atoms with Crippen LogP contribution in [0.5, 0.6) is 5.75 Å². The van der Waals surface area contributed by atoms with Crippen molar-refractivity contribution in [2.75, 3.05) is 6.61 Å². The highest BCUT2D eigenvalue weighted by atomic mass is 19.1. The van der Waals surface area contributed by atoms with Crippen molar-refractivity contribution in [1.82, 2.24) is 0 Å². The topological polar surface area (TPSA) is 46.5 Å². The second-order valence-electron chi connectivity index (χ2n) is 3.53. The summed E-state index contributed by atoms with van der Waals surface area (Å²) in [6, 6.07) is 2.47. The van der Waals surface area contributed by atoms with Gasteiger partial charge in [-0.15, -0.1) is 0 Å². The Labute approximate surface area is 92.2 Å². The van der Waals surface area contributed by atoms with Gasteiger partial charge in [0.1, 0.15) is 11.6 Å². The first-order chi connectivity index (χ1) is 7.63. The second kappa shape index (κ2) is 3.96. The van der Waals surface area contributed by atoms with Crippen molar-refractivity contribution in [1.29, 1.82) is 0 Å². The molecule has 0 fully saturated rings. The summed E-state index contributed by atoms with van der Waals surface area (Å²) in [6.07, 6.45) is 1.65. The van der Waals surface area contributed by atoms with Crippen LogP contribution in [0.3, 0.4) is 0 Å². The van der Waals surface area contributed by atoms with Crippen LogP contribution < -0.4 is 0 Å². The fraction of sp³-hybridized carbons (Fsp3) is 0.250. The molecule has 2 rings (SSSR count). The molecule has 84 valence electrons. The minimum Gasteiger partial charge on any atom is -0.508 e. The van der Waals surface area contributed by atoms with Gasteiger partial charge >= 0.3 is 5.97 Å². The molecule has 1 aliphatic carbocycles. The van der Waals surface area contributed by atoms with Crippen molar-refractivity contribution in [3.05, 3.63) is 34.6 Å². The third kappa shape index (κ3) is 1.66. The zero-order valence-electron chi connectivity index (χ0n) is 8.79. The molecule has 1 aliphatic rings. The van der Waals surface area contributed by atoms with E-state index in [1.165, 1.54) is 18.2 Å². The molecule has 0 aromatic heterocycles. The van der Waals surface area contributed by atoms with E-state index in [-0.39, 0.29) is 24.3 Å². The molecule has 3 nitrogen and oxygen atoms in total. The molecular formula is C12H11FO3. The Morgan fingerprint density at radius 1 is 1.56 bits per heavy atom. The molecule has 0 heterocycles. The maximum absolute atomic E-state index is 13.4. The Bertz CT molecular complexity index is 477. The molecule has 0 bridgehead atoms. The van der Waals surface area contributed by atoms with E-state index in [1.54, 1.807) is 6.92 Å². The Hall–Kier alpha value is -1.84. The van der Waals surface area contributed by atoms with Crippen LogP contribution in [-0.4, -0.2) is 17.7 Å². The van der Waals surface area contributed by atoms with Crippen molar-refractivity contribution < 1.29 is 19.0 Å². The van der Waals surface area contributed by atoms with Crippen LogP contribution in [0.15, 0.2) is 17.7 Å². The molecule has 0 unspecified atom stereocenters. The number of carbonyl (C=O) groups excluding carboxylic acids is 1. The molecule has 4 heteroatoms. The van der Waals surface area contributed by atoms with Gasteiger partial charge in [0.25, 0.3) is 0 Å². The van der Waals surface area contributed by atoms with Crippen LogP contribution in [0, 0.1) is 5.82 Å². The van der Waals surface area contributed by atoms with Gasteiger partial charge in [-0.1, -0.05) is 0 Å². The van der Waals surface area contributed by atoms with Gasteiger partial charge in [-0.3, -0.25) is 0 Å². The number of carbonyl (C=O) groups is 1. The summed E-state index contributed by atoms with van der Waals surface area (Å²) >= 11 is 0. The number of fused-ring (bicyclic) bond motifs is 1. The summed E-state index contributed by atoms with van der Waals surface area (Å²) in [6.45, 7) is 1.99. The van der Waals surface area contributed by atoms with E-state index >= 15 is 0 Å². The summed E-state index contributed by atoms with van der Waals surface area (Å²) in [4.78, 5) is 11.4. The van der Waals surface area contributed by atoms with Gasteiger partial charge in [-0.25, -0.2) is 9.18 Å². The molecule has 16 heavy (non-hydrogen) atoms. The fourth-order valence-corrected chi connectivity index (χ4v) is 1.74. The number of rotatable bonds is 2. The van der Waals surface area contributed by atoms with Crippen molar-refractivity contribution >= 4 is 12.0 Å². The molecule has 0 radical (unpaired) electrons. The van der Waals surface area contributed by atoms with E-state index in [9.17, 15) is 14.3 Å². The molecular weight excluding hydrogens is 211 g/mol. The van der Waals surface area contributed by atoms with Crippen LogP contribution in [0.2, 0.25) is 0 Å². The van der Waals surface area contributed by atoms with Gasteiger partial charge in [0.15, 0.2) is 0 Å². The number of esters is 1. The Morgan fingerprint density at radius 2 is 2.31 bits per heavy atom. The van der Waals surface area contributed by atoms with E-state index in [4.69, 9.17) is 4.74 Å². The number of hydrogen-bond donors (Lipinski definition) is 1. The highest BCUT2D eigenvalue weighted by Gasteiger charge is 2.24. The highest BCUT2D eigenvalue weighted by molar-refractivity contribution is 5.97. The van der Waals surface area contributed by atoms with Gasteiger partial charge in [-0.2, -0.15) is 0 Å². The third-order valence-corrected chi connectivity index (χ3v) is 2.50. The van der Waals surface area contributed by atoms with Crippen molar-refractivity contribution in [2.24, 2.45) is 0 Å². The maximum Gasteiger partial charge on any atom is 0.334 e. The number of halogens is 1. The number of benzene rings is 1. The summed E-state index contributed by atoms with van der Waals surface area (Å²) in [5, 5.41) is 9.53. The van der Waals surface area contributed by atoms with Crippen LogP contribution >= 0.6 is 0 Å². The lowest BCUT2D eigenvalue weighted by molar-refractivity contribution is -0.138. The Morgan fingerprint density at radius 3 is 2.94 bits per heavy atom. The minimum atomic E-state index is -0.461. The first kappa shape index (κ1) is 10.7. The number of ether oxygens (including phenoxy) is 1. The lowest BCUT2D eigenvalue weighted by Gasteiger charge is -2.03. The summed E-state index contributed by atoms with van der Waals surface area (Å²) in [7, 11) is 0. The first-order valence-corrected chi connectivity index (χ1v) is 5.01. The summed E-state index contributed by atoms with van der Waals surface area (Å²) in [5.74, 6) is -0.892. The zero-order chi connectivity index (χ0) is 11.7. The Kier molecular flexibility index (Phi) is 2.64. The number of aromatic hydroxyl groups is 1. The SMILES string of the molecule is CCOC(=O)C1=Cc2c(F)ccc(O)c2C1. The molecule has 0 aliphatic heterocycles. The lowest BCUT2D eigenvalue weighted by atomic mass is 10.1. The zero-order valence-corrected chi connectivity index (χ0v) is 8.79. The van der Waals surface area contributed by atoms with Crippen LogP contribution in [0.4, 0.5) is 4.39 Å². The molecule has 0 amide bonds. The summed E-state index contributed by atoms with van der Waals surface area (Å²) < 4.78 is 18.2. The quantitative estimate of drug-likeness (QED) is 0.779. The lowest BCUT2D eigenvalue weighted by Crippen LogP contribution is -2.07. The number of hydrogen-bond acceptors (Lipinski definition) is 3. The van der Waals surface area contributed by atoms with Crippen molar-refractivity contribution in [3.63, 3.8) is 0 Å². The van der Waals surface area contributed by atoms with Crippen molar-refractivity contribution in [2.45, 2.75) is 13.3 Å².